The molecule has 0 atom stereocenters. The van der Waals surface area contributed by atoms with Gasteiger partial charge in [-0.05, 0) is 61.4 Å². The van der Waals surface area contributed by atoms with Crippen LogP contribution < -0.4 is 10.0 Å². The quantitative estimate of drug-likeness (QED) is 0.638. The second-order valence-corrected chi connectivity index (χ2v) is 9.82. The van der Waals surface area contributed by atoms with E-state index in [1.54, 1.807) is 24.3 Å². The molecule has 1 amide bonds. The molecule has 2 aromatic rings. The highest BCUT2D eigenvalue weighted by atomic mass is 32.2. The molecule has 5 nitrogen and oxygen atoms in total. The van der Waals surface area contributed by atoms with Gasteiger partial charge >= 0.3 is 0 Å². The van der Waals surface area contributed by atoms with Gasteiger partial charge in [0.25, 0.3) is 0 Å². The topological polar surface area (TPSA) is 75.3 Å². The minimum atomic E-state index is -3.49. The van der Waals surface area contributed by atoms with Crippen LogP contribution in [-0.4, -0.2) is 20.4 Å². The highest BCUT2D eigenvalue weighted by Gasteiger charge is 2.21. The smallest absolute Gasteiger partial charge is 0.240 e. The number of hydrogen-bond donors (Lipinski definition) is 2. The van der Waals surface area contributed by atoms with Gasteiger partial charge in [-0.15, -0.1) is 0 Å². The number of sulfonamides is 1. The van der Waals surface area contributed by atoms with Crippen LogP contribution in [0.15, 0.2) is 47.4 Å². The first-order valence-corrected chi connectivity index (χ1v) is 12.4. The van der Waals surface area contributed by atoms with Gasteiger partial charge in [-0.2, -0.15) is 0 Å². The molecular formula is C24H32N2O3S. The van der Waals surface area contributed by atoms with Crippen molar-refractivity contribution in [2.24, 2.45) is 0 Å². The zero-order valence-electron chi connectivity index (χ0n) is 17.9. The molecule has 162 valence electrons. The number of amides is 1. The molecule has 1 aliphatic carbocycles. The van der Waals surface area contributed by atoms with Crippen molar-refractivity contribution in [3.05, 3.63) is 59.2 Å². The lowest BCUT2D eigenvalue weighted by Crippen LogP contribution is -2.36. The molecule has 2 N–H and O–H groups in total. The molecule has 0 aromatic heterocycles. The van der Waals surface area contributed by atoms with Crippen molar-refractivity contribution < 1.29 is 13.2 Å². The zero-order chi connectivity index (χ0) is 21.6. The fraction of sp³-hybridized carbons (Fsp3) is 0.458. The summed E-state index contributed by atoms with van der Waals surface area (Å²) in [6.07, 6.45) is 6.94. The Labute approximate surface area is 180 Å². The van der Waals surface area contributed by atoms with Crippen molar-refractivity contribution in [2.45, 2.75) is 76.2 Å². The number of rotatable bonds is 8. The molecule has 6 heteroatoms. The predicted octanol–water partition coefficient (Wildman–Crippen LogP) is 4.74. The second-order valence-electron chi connectivity index (χ2n) is 8.11. The lowest BCUT2D eigenvalue weighted by Gasteiger charge is -2.22. The molecular weight excluding hydrogens is 396 g/mol. The van der Waals surface area contributed by atoms with Gasteiger partial charge in [-0.1, -0.05) is 56.5 Å². The van der Waals surface area contributed by atoms with E-state index < -0.39 is 10.0 Å². The van der Waals surface area contributed by atoms with Gasteiger partial charge in [0, 0.05) is 18.2 Å². The Morgan fingerprint density at radius 1 is 1.03 bits per heavy atom. The molecule has 0 spiro atoms. The van der Waals surface area contributed by atoms with E-state index in [1.807, 2.05) is 25.1 Å². The first kappa shape index (κ1) is 22.5. The zero-order valence-corrected chi connectivity index (χ0v) is 18.7. The van der Waals surface area contributed by atoms with Gasteiger partial charge in [-0.3, -0.25) is 4.79 Å². The van der Waals surface area contributed by atoms with Crippen LogP contribution in [0.4, 0.5) is 5.69 Å². The lowest BCUT2D eigenvalue weighted by molar-refractivity contribution is -0.116. The Kier molecular flexibility index (Phi) is 7.67. The molecule has 2 aromatic carbocycles. The minimum Gasteiger partial charge on any atom is -0.326 e. The lowest BCUT2D eigenvalue weighted by atomic mass is 9.96. The Bertz CT molecular complexity index is 962. The second kappa shape index (κ2) is 10.2. The van der Waals surface area contributed by atoms with Gasteiger partial charge in [-0.25, -0.2) is 13.1 Å². The van der Waals surface area contributed by atoms with E-state index in [9.17, 15) is 13.2 Å². The maximum Gasteiger partial charge on any atom is 0.240 e. The van der Waals surface area contributed by atoms with E-state index in [2.05, 4.69) is 17.0 Å². The normalized spacial score (nSPS) is 15.1. The van der Waals surface area contributed by atoms with Crippen molar-refractivity contribution in [3.8, 4) is 0 Å². The number of carbonyl (C=O) groups is 1. The fourth-order valence-electron chi connectivity index (χ4n) is 4.00. The third kappa shape index (κ3) is 5.92. The summed E-state index contributed by atoms with van der Waals surface area (Å²) in [4.78, 5) is 12.7. The van der Waals surface area contributed by atoms with Crippen LogP contribution in [-0.2, 0) is 27.7 Å². The van der Waals surface area contributed by atoms with Crippen LogP contribution in [0.2, 0.25) is 0 Å². The summed E-state index contributed by atoms with van der Waals surface area (Å²) in [5.74, 6) is -0.0327. The largest absolute Gasteiger partial charge is 0.326 e. The van der Waals surface area contributed by atoms with Crippen molar-refractivity contribution in [1.82, 2.24) is 4.72 Å². The standard InChI is InChI=1S/C24H32N2O3S/c1-3-20-9-7-8-18(2)24(20)25-23(27)17-14-19-12-15-22(16-13-19)30(28,29)26-21-10-5-4-6-11-21/h7-9,12-13,15-16,21,26H,3-6,10-11,14,17H2,1-2H3,(H,25,27). The Balaban J connectivity index is 1.56. The van der Waals surface area contributed by atoms with Gasteiger partial charge in [0.2, 0.25) is 15.9 Å². The summed E-state index contributed by atoms with van der Waals surface area (Å²) in [5.41, 5.74) is 4.04. The molecule has 0 bridgehead atoms. The Morgan fingerprint density at radius 2 is 1.73 bits per heavy atom. The van der Waals surface area contributed by atoms with Crippen LogP contribution in [0.5, 0.6) is 0 Å². The molecule has 0 radical (unpaired) electrons. The van der Waals surface area contributed by atoms with E-state index in [0.29, 0.717) is 12.8 Å². The summed E-state index contributed by atoms with van der Waals surface area (Å²) in [7, 11) is -3.49. The number of nitrogens with one attached hydrogen (secondary N) is 2. The molecule has 0 aliphatic heterocycles. The highest BCUT2D eigenvalue weighted by Crippen LogP contribution is 2.22. The van der Waals surface area contributed by atoms with Crippen LogP contribution >= 0.6 is 0 Å². The summed E-state index contributed by atoms with van der Waals surface area (Å²) in [5, 5.41) is 3.04. The monoisotopic (exact) mass is 428 g/mol. The first-order valence-electron chi connectivity index (χ1n) is 10.9. The average Bonchev–Trinajstić information content (AvgIpc) is 2.74. The van der Waals surface area contributed by atoms with E-state index in [1.165, 1.54) is 6.42 Å². The highest BCUT2D eigenvalue weighted by molar-refractivity contribution is 7.89. The molecule has 0 heterocycles. The van der Waals surface area contributed by atoms with Crippen LogP contribution in [0.3, 0.4) is 0 Å². The van der Waals surface area contributed by atoms with Crippen molar-refractivity contribution in [1.29, 1.82) is 0 Å². The SMILES string of the molecule is CCc1cccc(C)c1NC(=O)CCc1ccc(S(=O)(=O)NC2CCCCC2)cc1. The van der Waals surface area contributed by atoms with E-state index in [4.69, 9.17) is 0 Å². The molecule has 30 heavy (non-hydrogen) atoms. The van der Waals surface area contributed by atoms with E-state index in [-0.39, 0.29) is 16.8 Å². The van der Waals surface area contributed by atoms with E-state index in [0.717, 1.165) is 54.5 Å². The number of aryl methyl sites for hydroxylation is 3. The fourth-order valence-corrected chi connectivity index (χ4v) is 5.31. The summed E-state index contributed by atoms with van der Waals surface area (Å²) in [6.45, 7) is 4.07. The maximum atomic E-state index is 12.6. The van der Waals surface area contributed by atoms with Gasteiger partial charge in [0.05, 0.1) is 4.90 Å². The molecule has 0 unspecified atom stereocenters. The Hall–Kier alpha value is -2.18. The molecule has 3 rings (SSSR count). The Morgan fingerprint density at radius 3 is 2.40 bits per heavy atom. The van der Waals surface area contributed by atoms with E-state index >= 15 is 0 Å². The summed E-state index contributed by atoms with van der Waals surface area (Å²) < 4.78 is 28.0. The van der Waals surface area contributed by atoms with Crippen molar-refractivity contribution >= 4 is 21.6 Å². The van der Waals surface area contributed by atoms with Gasteiger partial charge in [0.15, 0.2) is 0 Å². The predicted molar refractivity (Wildman–Crippen MR) is 121 cm³/mol. The molecule has 1 fully saturated rings. The number of para-hydroxylation sites is 1. The van der Waals surface area contributed by atoms with Crippen molar-refractivity contribution in [3.63, 3.8) is 0 Å². The number of hydrogen-bond acceptors (Lipinski definition) is 3. The number of anilines is 1. The number of benzene rings is 2. The van der Waals surface area contributed by atoms with Gasteiger partial charge in [0.1, 0.15) is 0 Å². The third-order valence-electron chi connectivity index (χ3n) is 5.81. The third-order valence-corrected chi connectivity index (χ3v) is 7.34. The molecule has 1 aliphatic rings. The minimum absolute atomic E-state index is 0.0327. The average molecular weight is 429 g/mol. The summed E-state index contributed by atoms with van der Waals surface area (Å²) in [6, 6.07) is 12.9. The van der Waals surface area contributed by atoms with Crippen LogP contribution in [0.25, 0.3) is 0 Å². The first-order chi connectivity index (χ1) is 14.4. The maximum absolute atomic E-state index is 12.6. The molecule has 1 saturated carbocycles. The summed E-state index contributed by atoms with van der Waals surface area (Å²) >= 11 is 0. The van der Waals surface area contributed by atoms with Gasteiger partial charge < -0.3 is 5.32 Å². The molecule has 0 saturated heterocycles. The van der Waals surface area contributed by atoms with Crippen LogP contribution in [0.1, 0.15) is 62.1 Å². The van der Waals surface area contributed by atoms with Crippen LogP contribution in [0, 0.1) is 6.92 Å². The number of carbonyl (C=O) groups excluding carboxylic acids is 1. The van der Waals surface area contributed by atoms with Crippen molar-refractivity contribution in [2.75, 3.05) is 5.32 Å².